The highest BCUT2D eigenvalue weighted by Gasteiger charge is 2.44. The van der Waals surface area contributed by atoms with Gasteiger partial charge < -0.3 is 0 Å². The van der Waals surface area contributed by atoms with Gasteiger partial charge in [-0.05, 0) is 35.5 Å². The van der Waals surface area contributed by atoms with Crippen molar-refractivity contribution in [1.82, 2.24) is 0 Å². The lowest BCUT2D eigenvalue weighted by molar-refractivity contribution is -0.0109. The Hall–Kier alpha value is -0.260. The molecule has 0 fully saturated rings. The smallest absolute Gasteiger partial charge is 0.0246 e. The van der Waals surface area contributed by atoms with Gasteiger partial charge >= 0.3 is 0 Å². The molecule has 0 aliphatic rings. The second-order valence-corrected chi connectivity index (χ2v) is 6.28. The predicted octanol–water partition coefficient (Wildman–Crippen LogP) is 5.30. The van der Waals surface area contributed by atoms with Gasteiger partial charge in [0, 0.05) is 0 Å². The molecule has 0 heterocycles. The van der Waals surface area contributed by atoms with Crippen molar-refractivity contribution >= 4 is 0 Å². The van der Waals surface area contributed by atoms with Crippen molar-refractivity contribution in [2.24, 2.45) is 22.7 Å². The third-order valence-electron chi connectivity index (χ3n) is 5.06. The Morgan fingerprint density at radius 1 is 1.00 bits per heavy atom. The zero-order valence-electron chi connectivity index (χ0n) is 11.9. The van der Waals surface area contributed by atoms with E-state index in [1.54, 1.807) is 0 Å². The van der Waals surface area contributed by atoms with Gasteiger partial charge in [0.1, 0.15) is 0 Å². The monoisotopic (exact) mass is 210 g/mol. The molecular formula is C15H30. The molecule has 15 heavy (non-hydrogen) atoms. The van der Waals surface area contributed by atoms with E-state index in [-0.39, 0.29) is 0 Å². The van der Waals surface area contributed by atoms with Crippen LogP contribution >= 0.6 is 0 Å². The minimum absolute atomic E-state index is 0.379. The first-order chi connectivity index (χ1) is 6.70. The number of hydrogen-bond donors (Lipinski definition) is 0. The molecule has 0 rings (SSSR count). The first-order valence-corrected chi connectivity index (χ1v) is 6.31. The molecule has 0 amide bonds. The molecule has 0 radical (unpaired) electrons. The molecule has 0 aromatic carbocycles. The average molecular weight is 210 g/mol. The molecule has 1 atom stereocenters. The summed E-state index contributed by atoms with van der Waals surface area (Å²) in [5.74, 6) is 1.43. The summed E-state index contributed by atoms with van der Waals surface area (Å²) in [6.07, 6.45) is 4.43. The van der Waals surface area contributed by atoms with Crippen molar-refractivity contribution in [1.29, 1.82) is 0 Å². The molecule has 1 unspecified atom stereocenters. The quantitative estimate of drug-likeness (QED) is 0.522. The lowest BCUT2D eigenvalue weighted by Crippen LogP contribution is -2.43. The van der Waals surface area contributed by atoms with E-state index >= 15 is 0 Å². The van der Waals surface area contributed by atoms with E-state index in [2.05, 4.69) is 61.1 Å². The largest absolute Gasteiger partial charge is 0.103 e. The molecule has 0 nitrogen and oxygen atoms in total. The van der Waals surface area contributed by atoms with E-state index in [0.717, 1.165) is 18.3 Å². The van der Waals surface area contributed by atoms with Crippen LogP contribution in [0.25, 0.3) is 0 Å². The number of hydrogen-bond acceptors (Lipinski definition) is 0. The van der Waals surface area contributed by atoms with E-state index < -0.39 is 0 Å². The third kappa shape index (κ3) is 2.86. The van der Waals surface area contributed by atoms with Gasteiger partial charge in [0.2, 0.25) is 0 Å². The summed E-state index contributed by atoms with van der Waals surface area (Å²) < 4.78 is 0. The van der Waals surface area contributed by atoms with Crippen molar-refractivity contribution in [3.8, 4) is 0 Å². The SMILES string of the molecule is C=CCCC(C)(C(C)C)C(C)(C)C(C)C. The van der Waals surface area contributed by atoms with Gasteiger partial charge in [-0.2, -0.15) is 0 Å². The normalized spacial score (nSPS) is 16.9. The highest BCUT2D eigenvalue weighted by molar-refractivity contribution is 4.94. The van der Waals surface area contributed by atoms with Crippen LogP contribution in [0.3, 0.4) is 0 Å². The fraction of sp³-hybridized carbons (Fsp3) is 0.867. The second-order valence-electron chi connectivity index (χ2n) is 6.28. The van der Waals surface area contributed by atoms with Crippen molar-refractivity contribution in [2.45, 2.75) is 61.3 Å². The summed E-state index contributed by atoms with van der Waals surface area (Å²) >= 11 is 0. The van der Waals surface area contributed by atoms with Gasteiger partial charge in [-0.15, -0.1) is 6.58 Å². The van der Waals surface area contributed by atoms with Crippen LogP contribution in [0.4, 0.5) is 0 Å². The molecule has 90 valence electrons. The summed E-state index contributed by atoms with van der Waals surface area (Å²) in [5.41, 5.74) is 0.777. The van der Waals surface area contributed by atoms with Crippen LogP contribution in [-0.4, -0.2) is 0 Å². The first kappa shape index (κ1) is 14.7. The Kier molecular flexibility index (Phi) is 5.09. The molecule has 0 aromatic heterocycles. The maximum Gasteiger partial charge on any atom is -0.0246 e. The molecule has 0 saturated carbocycles. The van der Waals surface area contributed by atoms with E-state index in [4.69, 9.17) is 0 Å². The van der Waals surface area contributed by atoms with Gasteiger partial charge in [-0.1, -0.05) is 54.5 Å². The van der Waals surface area contributed by atoms with Gasteiger partial charge in [0.25, 0.3) is 0 Å². The molecule has 0 aromatic rings. The molecule has 0 aliphatic carbocycles. The van der Waals surface area contributed by atoms with Crippen LogP contribution in [0.1, 0.15) is 61.3 Å². The molecule has 0 saturated heterocycles. The predicted molar refractivity (Wildman–Crippen MR) is 71.0 cm³/mol. The maximum atomic E-state index is 3.85. The Morgan fingerprint density at radius 2 is 1.47 bits per heavy atom. The number of rotatable bonds is 6. The zero-order chi connectivity index (χ0) is 12.3. The van der Waals surface area contributed by atoms with Gasteiger partial charge in [0.05, 0.1) is 0 Å². The minimum Gasteiger partial charge on any atom is -0.103 e. The first-order valence-electron chi connectivity index (χ1n) is 6.31. The van der Waals surface area contributed by atoms with Crippen LogP contribution < -0.4 is 0 Å². The summed E-state index contributed by atoms with van der Waals surface area (Å²) in [5, 5.41) is 0. The summed E-state index contributed by atoms with van der Waals surface area (Å²) in [6.45, 7) is 20.5. The average Bonchev–Trinajstić information content (AvgIpc) is 2.13. The summed E-state index contributed by atoms with van der Waals surface area (Å²) in [4.78, 5) is 0. The summed E-state index contributed by atoms with van der Waals surface area (Å²) in [7, 11) is 0. The molecule has 0 N–H and O–H groups in total. The van der Waals surface area contributed by atoms with Crippen molar-refractivity contribution in [3.05, 3.63) is 12.7 Å². The Morgan fingerprint density at radius 3 is 1.73 bits per heavy atom. The maximum absolute atomic E-state index is 3.85. The number of allylic oxidation sites excluding steroid dienone is 1. The van der Waals surface area contributed by atoms with Crippen LogP contribution in [0.2, 0.25) is 0 Å². The highest BCUT2D eigenvalue weighted by Crippen LogP contribution is 2.52. The van der Waals surface area contributed by atoms with E-state index in [0.29, 0.717) is 10.8 Å². The van der Waals surface area contributed by atoms with Crippen LogP contribution in [0.15, 0.2) is 12.7 Å². The Balaban J connectivity index is 5.00. The van der Waals surface area contributed by atoms with Crippen LogP contribution in [-0.2, 0) is 0 Å². The van der Waals surface area contributed by atoms with Crippen LogP contribution in [0.5, 0.6) is 0 Å². The van der Waals surface area contributed by atoms with Crippen molar-refractivity contribution in [3.63, 3.8) is 0 Å². The molecular weight excluding hydrogens is 180 g/mol. The second kappa shape index (κ2) is 5.18. The molecule has 0 heteroatoms. The summed E-state index contributed by atoms with van der Waals surface area (Å²) in [6, 6.07) is 0. The standard InChI is InChI=1S/C15H30/c1-9-10-11-15(8,13(4)5)14(6,7)12(2)3/h9,12-13H,1,10-11H2,2-8H3. The van der Waals surface area contributed by atoms with Crippen LogP contribution in [0, 0.1) is 22.7 Å². The fourth-order valence-electron chi connectivity index (χ4n) is 2.42. The van der Waals surface area contributed by atoms with Gasteiger partial charge in [-0.3, -0.25) is 0 Å². The Bertz CT molecular complexity index is 198. The topological polar surface area (TPSA) is 0 Å². The molecule has 0 spiro atoms. The minimum atomic E-state index is 0.379. The lowest BCUT2D eigenvalue weighted by Gasteiger charge is -2.50. The van der Waals surface area contributed by atoms with Gasteiger partial charge in [-0.25, -0.2) is 0 Å². The highest BCUT2D eigenvalue weighted by atomic mass is 14.5. The van der Waals surface area contributed by atoms with Crippen molar-refractivity contribution < 1.29 is 0 Å². The van der Waals surface area contributed by atoms with E-state index in [1.165, 1.54) is 6.42 Å². The van der Waals surface area contributed by atoms with Gasteiger partial charge in [0.15, 0.2) is 0 Å². The molecule has 0 aliphatic heterocycles. The third-order valence-corrected chi connectivity index (χ3v) is 5.06. The zero-order valence-corrected chi connectivity index (χ0v) is 11.9. The molecule has 0 bridgehead atoms. The fourth-order valence-corrected chi connectivity index (χ4v) is 2.42. The lowest BCUT2D eigenvalue weighted by atomic mass is 9.55. The van der Waals surface area contributed by atoms with E-state index in [1.807, 2.05) is 0 Å². The Labute approximate surface area is 97.2 Å². The van der Waals surface area contributed by atoms with Crippen molar-refractivity contribution in [2.75, 3.05) is 0 Å². The van der Waals surface area contributed by atoms with E-state index in [9.17, 15) is 0 Å².